The van der Waals surface area contributed by atoms with Crippen LogP contribution in [0.3, 0.4) is 0 Å². The molecule has 4 aromatic rings. The van der Waals surface area contributed by atoms with E-state index in [1.54, 1.807) is 30.5 Å². The summed E-state index contributed by atoms with van der Waals surface area (Å²) >= 11 is 6.12. The van der Waals surface area contributed by atoms with Gasteiger partial charge in [-0.05, 0) is 55.4 Å². The van der Waals surface area contributed by atoms with E-state index in [9.17, 15) is 9.59 Å². The number of pyridine rings is 1. The lowest BCUT2D eigenvalue weighted by Crippen LogP contribution is -2.47. The molecule has 1 aliphatic rings. The summed E-state index contributed by atoms with van der Waals surface area (Å²) in [6.45, 7) is 5.34. The molecule has 2 aromatic carbocycles. The quantitative estimate of drug-likeness (QED) is 0.342. The molecule has 0 atom stereocenters. The van der Waals surface area contributed by atoms with Gasteiger partial charge in [0.25, 0.3) is 11.5 Å². The Kier molecular flexibility index (Phi) is 6.47. The monoisotopic (exact) mass is 475 g/mol. The fourth-order valence-electron chi connectivity index (χ4n) is 4.45. The zero-order valence-corrected chi connectivity index (χ0v) is 19.5. The van der Waals surface area contributed by atoms with Gasteiger partial charge < -0.3 is 10.2 Å². The minimum Gasteiger partial charge on any atom is -0.369 e. The molecule has 0 unspecified atom stereocenters. The molecule has 0 bridgehead atoms. The van der Waals surface area contributed by atoms with Crippen molar-refractivity contribution in [3.63, 3.8) is 0 Å². The average Bonchev–Trinajstić information content (AvgIpc) is 2.87. The van der Waals surface area contributed by atoms with E-state index in [4.69, 9.17) is 11.6 Å². The molecule has 34 heavy (non-hydrogen) atoms. The second kappa shape index (κ2) is 9.83. The molecular formula is C26H26ClN5O2. The number of carbonyl (C=O) groups is 1. The Morgan fingerprint density at radius 3 is 2.65 bits per heavy atom. The SMILES string of the molecule is O=C(NCCCN1CCN(c2cccc(Cl)c2)CC1)c1cccn2c(=O)c3ccccc3nc12. The van der Waals surface area contributed by atoms with Crippen molar-refractivity contribution in [2.24, 2.45) is 0 Å². The molecule has 0 saturated carbocycles. The third-order valence-electron chi connectivity index (χ3n) is 6.27. The number of anilines is 1. The summed E-state index contributed by atoms with van der Waals surface area (Å²) in [7, 11) is 0. The van der Waals surface area contributed by atoms with E-state index >= 15 is 0 Å². The highest BCUT2D eigenvalue weighted by Crippen LogP contribution is 2.20. The van der Waals surface area contributed by atoms with E-state index in [1.807, 2.05) is 30.3 Å². The molecule has 174 valence electrons. The van der Waals surface area contributed by atoms with Gasteiger partial charge in [-0.3, -0.25) is 18.9 Å². The maximum absolute atomic E-state index is 12.9. The number of rotatable bonds is 6. The van der Waals surface area contributed by atoms with Crippen molar-refractivity contribution in [2.45, 2.75) is 6.42 Å². The van der Waals surface area contributed by atoms with Crippen molar-refractivity contribution in [3.8, 4) is 0 Å². The molecule has 1 saturated heterocycles. The van der Waals surface area contributed by atoms with Crippen molar-refractivity contribution >= 4 is 39.7 Å². The number of amides is 1. The smallest absolute Gasteiger partial charge is 0.265 e. The van der Waals surface area contributed by atoms with E-state index in [-0.39, 0.29) is 11.5 Å². The molecule has 2 aromatic heterocycles. The van der Waals surface area contributed by atoms with Crippen molar-refractivity contribution < 1.29 is 4.79 Å². The van der Waals surface area contributed by atoms with Crippen LogP contribution in [0.4, 0.5) is 5.69 Å². The number of nitrogens with zero attached hydrogens (tertiary/aromatic N) is 4. The van der Waals surface area contributed by atoms with Crippen LogP contribution in [0.1, 0.15) is 16.8 Å². The third-order valence-corrected chi connectivity index (χ3v) is 6.51. The predicted octanol–water partition coefficient (Wildman–Crippen LogP) is 3.44. The Labute approximate surface area is 202 Å². The normalized spacial score (nSPS) is 14.6. The summed E-state index contributed by atoms with van der Waals surface area (Å²) in [4.78, 5) is 35.0. The Hall–Kier alpha value is -3.42. The molecule has 8 heteroatoms. The molecule has 1 N–H and O–H groups in total. The fourth-order valence-corrected chi connectivity index (χ4v) is 4.64. The summed E-state index contributed by atoms with van der Waals surface area (Å²) in [6.07, 6.45) is 2.50. The Bertz CT molecular complexity index is 1400. The molecule has 1 amide bonds. The first kappa shape index (κ1) is 22.4. The number of benzene rings is 2. The first-order valence-corrected chi connectivity index (χ1v) is 11.9. The van der Waals surface area contributed by atoms with Crippen LogP contribution in [-0.2, 0) is 0 Å². The van der Waals surface area contributed by atoms with Crippen LogP contribution in [0.15, 0.2) is 71.7 Å². The minimum absolute atomic E-state index is 0.174. The van der Waals surface area contributed by atoms with Crippen molar-refractivity contribution in [1.29, 1.82) is 0 Å². The number of nitrogens with one attached hydrogen (secondary N) is 1. The zero-order valence-electron chi connectivity index (χ0n) is 18.8. The second-order valence-electron chi connectivity index (χ2n) is 8.47. The molecule has 3 heterocycles. The number of para-hydroxylation sites is 1. The van der Waals surface area contributed by atoms with Gasteiger partial charge in [-0.2, -0.15) is 0 Å². The van der Waals surface area contributed by atoms with Gasteiger partial charge in [0.05, 0.1) is 16.5 Å². The number of fused-ring (bicyclic) bond motifs is 2. The highest BCUT2D eigenvalue weighted by atomic mass is 35.5. The van der Waals surface area contributed by atoms with Gasteiger partial charge in [-0.25, -0.2) is 4.98 Å². The highest BCUT2D eigenvalue weighted by molar-refractivity contribution is 6.30. The number of carbonyl (C=O) groups excluding carboxylic acids is 1. The Morgan fingerprint density at radius 1 is 1.00 bits per heavy atom. The fraction of sp³-hybridized carbons (Fsp3) is 0.269. The first-order valence-electron chi connectivity index (χ1n) is 11.5. The average molecular weight is 476 g/mol. The molecule has 5 rings (SSSR count). The maximum atomic E-state index is 12.9. The van der Waals surface area contributed by atoms with Gasteiger partial charge in [-0.15, -0.1) is 0 Å². The summed E-state index contributed by atoms with van der Waals surface area (Å²) < 4.78 is 1.44. The van der Waals surface area contributed by atoms with E-state index in [0.717, 1.165) is 49.9 Å². The van der Waals surface area contributed by atoms with Gasteiger partial charge in [0.1, 0.15) is 0 Å². The summed E-state index contributed by atoms with van der Waals surface area (Å²) in [5.41, 5.74) is 2.35. The van der Waals surface area contributed by atoms with Gasteiger partial charge >= 0.3 is 0 Å². The van der Waals surface area contributed by atoms with Crippen LogP contribution >= 0.6 is 11.6 Å². The van der Waals surface area contributed by atoms with E-state index in [1.165, 1.54) is 4.40 Å². The van der Waals surface area contributed by atoms with E-state index in [0.29, 0.717) is 28.7 Å². The lowest BCUT2D eigenvalue weighted by Gasteiger charge is -2.36. The molecule has 0 aliphatic carbocycles. The van der Waals surface area contributed by atoms with Crippen molar-refractivity contribution in [3.05, 3.63) is 87.8 Å². The van der Waals surface area contributed by atoms with Crippen LogP contribution in [-0.4, -0.2) is 59.5 Å². The molecule has 7 nitrogen and oxygen atoms in total. The summed E-state index contributed by atoms with van der Waals surface area (Å²) in [5.74, 6) is -0.217. The van der Waals surface area contributed by atoms with Crippen molar-refractivity contribution in [1.82, 2.24) is 19.6 Å². The highest BCUT2D eigenvalue weighted by Gasteiger charge is 2.18. The number of piperazine rings is 1. The van der Waals surface area contributed by atoms with Crippen LogP contribution in [0, 0.1) is 0 Å². The standard InChI is InChI=1S/C26H26ClN5O2/c27-19-6-3-7-20(18-19)31-16-14-30(15-17-31)12-5-11-28-25(33)22-9-4-13-32-24(22)29-23-10-2-1-8-21(23)26(32)34/h1-4,6-10,13,18H,5,11-12,14-17H2,(H,28,33). The van der Waals surface area contributed by atoms with Crippen LogP contribution in [0.25, 0.3) is 16.6 Å². The number of aromatic nitrogens is 2. The van der Waals surface area contributed by atoms with Gasteiger partial charge in [0.2, 0.25) is 0 Å². The van der Waals surface area contributed by atoms with Crippen LogP contribution < -0.4 is 15.8 Å². The molecule has 1 aliphatic heterocycles. The largest absolute Gasteiger partial charge is 0.369 e. The number of hydrogen-bond acceptors (Lipinski definition) is 5. The van der Waals surface area contributed by atoms with Crippen LogP contribution in [0.2, 0.25) is 5.02 Å². The Balaban J connectivity index is 1.16. The molecule has 1 fully saturated rings. The van der Waals surface area contributed by atoms with Crippen LogP contribution in [0.5, 0.6) is 0 Å². The maximum Gasteiger partial charge on any atom is 0.265 e. The van der Waals surface area contributed by atoms with E-state index < -0.39 is 0 Å². The van der Waals surface area contributed by atoms with Gasteiger partial charge in [-0.1, -0.05) is 29.8 Å². The first-order chi connectivity index (χ1) is 16.6. The van der Waals surface area contributed by atoms with Gasteiger partial charge in [0.15, 0.2) is 5.65 Å². The molecule has 0 radical (unpaired) electrons. The summed E-state index contributed by atoms with van der Waals surface area (Å²) in [6, 6.07) is 18.6. The topological polar surface area (TPSA) is 70.0 Å². The number of hydrogen-bond donors (Lipinski definition) is 1. The third kappa shape index (κ3) is 4.62. The predicted molar refractivity (Wildman–Crippen MR) is 136 cm³/mol. The molecule has 0 spiro atoms. The van der Waals surface area contributed by atoms with Crippen molar-refractivity contribution in [2.75, 3.05) is 44.2 Å². The Morgan fingerprint density at radius 2 is 1.82 bits per heavy atom. The summed E-state index contributed by atoms with van der Waals surface area (Å²) in [5, 5.41) is 4.29. The lowest BCUT2D eigenvalue weighted by molar-refractivity contribution is 0.0952. The second-order valence-corrected chi connectivity index (χ2v) is 8.90. The lowest BCUT2D eigenvalue weighted by atomic mass is 10.2. The number of halogens is 1. The van der Waals surface area contributed by atoms with E-state index in [2.05, 4.69) is 26.2 Å². The minimum atomic E-state index is -0.217. The van der Waals surface area contributed by atoms with Gasteiger partial charge in [0, 0.05) is 49.6 Å². The zero-order chi connectivity index (χ0) is 23.5. The molecular weight excluding hydrogens is 450 g/mol.